The van der Waals surface area contributed by atoms with Crippen LogP contribution in [0.25, 0.3) is 15.9 Å². The van der Waals surface area contributed by atoms with Gasteiger partial charge in [0.2, 0.25) is 5.91 Å². The predicted octanol–water partition coefficient (Wildman–Crippen LogP) is 5.39. The number of allylic oxidation sites excluding steroid dienone is 3. The standard InChI is InChI=1S/C18H16F2N4O2S2.C3H6.C2H6.C2H2/c1-2-3-5-10-8-27-16-14(10)17(26)24(15-11(19)6-4-7-12(15)20)18(22-16)28-9-13(25)23-21;1-3-2;2*1-2/h2-4,6-8H,5,9,21H2,1H3,(H,23,25);3H,1H2,2H3;1-2H3;1-2H/b3-2-;;;. The van der Waals surface area contributed by atoms with Gasteiger partial charge in [0.05, 0.1) is 11.1 Å². The lowest BCUT2D eigenvalue weighted by atomic mass is 10.1. The Kier molecular flexibility index (Phi) is 15.6. The number of hydrogen-bond acceptors (Lipinski definition) is 6. The molecule has 35 heavy (non-hydrogen) atoms. The van der Waals surface area contributed by atoms with Gasteiger partial charge in [-0.25, -0.2) is 24.2 Å². The van der Waals surface area contributed by atoms with Gasteiger partial charge in [-0.2, -0.15) is 0 Å². The molecule has 0 bridgehead atoms. The fourth-order valence-corrected chi connectivity index (χ4v) is 4.40. The number of nitrogens with zero attached hydrogens (tertiary/aromatic N) is 2. The van der Waals surface area contributed by atoms with Crippen LogP contribution >= 0.6 is 23.1 Å². The van der Waals surface area contributed by atoms with Crippen LogP contribution < -0.4 is 16.8 Å². The number of para-hydroxylation sites is 1. The number of thioether (sulfide) groups is 1. The van der Waals surface area contributed by atoms with E-state index in [0.717, 1.165) is 34.0 Å². The van der Waals surface area contributed by atoms with Gasteiger partial charge < -0.3 is 0 Å². The molecule has 0 aliphatic heterocycles. The third-order valence-corrected chi connectivity index (χ3v) is 5.74. The number of carbonyl (C=O) groups is 1. The highest BCUT2D eigenvalue weighted by Crippen LogP contribution is 2.28. The Balaban J connectivity index is 0.00000150. The molecule has 0 unspecified atom stereocenters. The van der Waals surface area contributed by atoms with Crippen molar-refractivity contribution in [1.82, 2.24) is 15.0 Å². The zero-order chi connectivity index (χ0) is 27.0. The first-order chi connectivity index (χ1) is 16.9. The molecule has 0 fully saturated rings. The summed E-state index contributed by atoms with van der Waals surface area (Å²) in [5.74, 6) is 2.59. The Morgan fingerprint density at radius 3 is 2.37 bits per heavy atom. The number of carbonyl (C=O) groups excluding carboxylic acids is 1. The number of thiophene rings is 1. The number of nitrogens with two attached hydrogens (primary N) is 1. The molecule has 1 aromatic carbocycles. The van der Waals surface area contributed by atoms with E-state index in [0.29, 0.717) is 16.6 Å². The van der Waals surface area contributed by atoms with Gasteiger partial charge in [0.15, 0.2) is 5.16 Å². The fourth-order valence-electron chi connectivity index (χ4n) is 2.59. The van der Waals surface area contributed by atoms with Crippen LogP contribution in [0.4, 0.5) is 8.78 Å². The maximum absolute atomic E-state index is 14.4. The minimum absolute atomic E-state index is 0.00420. The first-order valence-corrected chi connectivity index (χ1v) is 12.4. The van der Waals surface area contributed by atoms with Crippen molar-refractivity contribution in [3.63, 3.8) is 0 Å². The van der Waals surface area contributed by atoms with E-state index < -0.39 is 28.8 Å². The highest BCUT2D eigenvalue weighted by molar-refractivity contribution is 7.99. The minimum atomic E-state index is -0.904. The van der Waals surface area contributed by atoms with Crippen molar-refractivity contribution >= 4 is 39.2 Å². The summed E-state index contributed by atoms with van der Waals surface area (Å²) in [5.41, 5.74) is 1.57. The van der Waals surface area contributed by atoms with Gasteiger partial charge in [-0.15, -0.1) is 30.8 Å². The van der Waals surface area contributed by atoms with Crippen molar-refractivity contribution in [2.75, 3.05) is 5.75 Å². The smallest absolute Gasteiger partial charge is 0.268 e. The lowest BCUT2D eigenvalue weighted by Gasteiger charge is -2.13. The second-order valence-corrected chi connectivity index (χ2v) is 7.88. The van der Waals surface area contributed by atoms with E-state index in [1.807, 2.05) is 45.3 Å². The first-order valence-electron chi connectivity index (χ1n) is 10.5. The molecule has 0 atom stereocenters. The van der Waals surface area contributed by atoms with Crippen LogP contribution in [0.3, 0.4) is 0 Å². The molecule has 0 spiro atoms. The molecule has 3 N–H and O–H groups in total. The van der Waals surface area contributed by atoms with E-state index in [4.69, 9.17) is 5.84 Å². The number of nitrogens with one attached hydrogen (secondary N) is 1. The van der Waals surface area contributed by atoms with Gasteiger partial charge in [-0.3, -0.25) is 15.0 Å². The Bertz CT molecular complexity index is 1200. The topological polar surface area (TPSA) is 90.0 Å². The molecule has 0 aliphatic carbocycles. The summed E-state index contributed by atoms with van der Waals surface area (Å²) in [7, 11) is 0. The van der Waals surface area contributed by atoms with Crippen molar-refractivity contribution < 1.29 is 13.6 Å². The largest absolute Gasteiger partial charge is 0.294 e. The van der Waals surface area contributed by atoms with Crippen molar-refractivity contribution in [3.05, 3.63) is 75.9 Å². The SMILES string of the molecule is C#C.C/C=C\Cc1csc2nc(SCC(=O)NN)n(-c3c(F)cccc3F)c(=O)c12.C=CC.CC. The second kappa shape index (κ2) is 17.2. The van der Waals surface area contributed by atoms with Gasteiger partial charge in [0.25, 0.3) is 5.56 Å². The van der Waals surface area contributed by atoms with Crippen LogP contribution in [0.15, 0.2) is 58.3 Å². The Morgan fingerprint density at radius 2 is 1.86 bits per heavy atom. The lowest BCUT2D eigenvalue weighted by molar-refractivity contribution is -0.118. The van der Waals surface area contributed by atoms with Crippen LogP contribution in [0.2, 0.25) is 0 Å². The predicted molar refractivity (Wildman–Crippen MR) is 144 cm³/mol. The van der Waals surface area contributed by atoms with Crippen LogP contribution in [0.5, 0.6) is 0 Å². The molecule has 0 saturated heterocycles. The molecular weight excluding hydrogens is 490 g/mol. The highest BCUT2D eigenvalue weighted by Gasteiger charge is 2.22. The summed E-state index contributed by atoms with van der Waals surface area (Å²) in [6.07, 6.45) is 14.0. The Labute approximate surface area is 212 Å². The van der Waals surface area contributed by atoms with Crippen LogP contribution in [-0.2, 0) is 11.2 Å². The molecule has 1 amide bonds. The Hall–Kier alpha value is -3.26. The molecule has 0 radical (unpaired) electrons. The van der Waals surface area contributed by atoms with E-state index in [-0.39, 0.29) is 10.9 Å². The van der Waals surface area contributed by atoms with Crippen molar-refractivity contribution in [2.24, 2.45) is 5.84 Å². The quantitative estimate of drug-likeness (QED) is 0.0865. The molecule has 2 heterocycles. The summed E-state index contributed by atoms with van der Waals surface area (Å²) < 4.78 is 29.8. The minimum Gasteiger partial charge on any atom is -0.294 e. The van der Waals surface area contributed by atoms with Crippen molar-refractivity contribution in [1.29, 1.82) is 0 Å². The third-order valence-electron chi connectivity index (χ3n) is 3.88. The van der Waals surface area contributed by atoms with Gasteiger partial charge in [-0.05, 0) is 43.3 Å². The molecule has 6 nitrogen and oxygen atoms in total. The van der Waals surface area contributed by atoms with Crippen molar-refractivity contribution in [2.45, 2.75) is 39.3 Å². The highest BCUT2D eigenvalue weighted by atomic mass is 32.2. The van der Waals surface area contributed by atoms with Crippen molar-refractivity contribution in [3.8, 4) is 18.5 Å². The number of aromatic nitrogens is 2. The van der Waals surface area contributed by atoms with Gasteiger partial charge in [-0.1, -0.05) is 49.9 Å². The molecule has 0 saturated carbocycles. The maximum Gasteiger partial charge on any atom is 0.268 e. The molecule has 10 heteroatoms. The summed E-state index contributed by atoms with van der Waals surface area (Å²) >= 11 is 2.13. The summed E-state index contributed by atoms with van der Waals surface area (Å²) in [5, 5.41) is 2.10. The monoisotopic (exact) mass is 520 g/mol. The molecule has 0 aliphatic rings. The van der Waals surface area contributed by atoms with Gasteiger partial charge in [0, 0.05) is 0 Å². The number of amides is 1. The van der Waals surface area contributed by atoms with E-state index in [2.05, 4.69) is 24.4 Å². The summed E-state index contributed by atoms with van der Waals surface area (Å²) in [6, 6.07) is 3.33. The summed E-state index contributed by atoms with van der Waals surface area (Å²) in [4.78, 5) is 29.6. The summed E-state index contributed by atoms with van der Waals surface area (Å²) in [6.45, 7) is 11.1. The molecular formula is C25H30F2N4O2S2. The number of terminal acetylenes is 1. The van der Waals surface area contributed by atoms with Gasteiger partial charge >= 0.3 is 0 Å². The molecule has 188 valence electrons. The number of hydrazine groups is 1. The average molecular weight is 521 g/mol. The number of fused-ring (bicyclic) bond motifs is 1. The van der Waals surface area contributed by atoms with E-state index in [1.54, 1.807) is 11.5 Å². The average Bonchev–Trinajstić information content (AvgIpc) is 3.28. The zero-order valence-electron chi connectivity index (χ0n) is 20.2. The molecule has 2 aromatic heterocycles. The normalized spacial score (nSPS) is 9.74. The van der Waals surface area contributed by atoms with Crippen LogP contribution in [0.1, 0.15) is 33.3 Å². The number of benzene rings is 1. The fraction of sp³-hybridized carbons (Fsp3) is 0.240. The second-order valence-electron chi connectivity index (χ2n) is 6.08. The van der Waals surface area contributed by atoms with Crippen LogP contribution in [-0.4, -0.2) is 21.2 Å². The zero-order valence-corrected chi connectivity index (χ0v) is 21.8. The first kappa shape index (κ1) is 31.7. The maximum atomic E-state index is 14.4. The number of halogens is 2. The molecule has 3 rings (SSSR count). The Morgan fingerprint density at radius 1 is 1.29 bits per heavy atom. The number of hydrogen-bond donors (Lipinski definition) is 2. The third kappa shape index (κ3) is 8.47. The lowest BCUT2D eigenvalue weighted by Crippen LogP contribution is -2.32. The van der Waals surface area contributed by atoms with Gasteiger partial charge in [0.1, 0.15) is 22.2 Å². The number of rotatable bonds is 6. The van der Waals surface area contributed by atoms with E-state index in [9.17, 15) is 18.4 Å². The van der Waals surface area contributed by atoms with Crippen LogP contribution in [0, 0.1) is 24.5 Å². The van der Waals surface area contributed by atoms with E-state index >= 15 is 0 Å². The van der Waals surface area contributed by atoms with E-state index in [1.165, 1.54) is 17.4 Å². The molecule has 3 aromatic rings.